The third kappa shape index (κ3) is 2.38. The maximum absolute atomic E-state index is 5.95. The van der Waals surface area contributed by atoms with Crippen LogP contribution in [0.2, 0.25) is 0 Å². The summed E-state index contributed by atoms with van der Waals surface area (Å²) in [4.78, 5) is 7.33. The van der Waals surface area contributed by atoms with Crippen LogP contribution in [0.5, 0.6) is 0 Å². The van der Waals surface area contributed by atoms with Gasteiger partial charge in [-0.05, 0) is 37.8 Å². The van der Waals surface area contributed by atoms with E-state index in [-0.39, 0.29) is 0 Å². The van der Waals surface area contributed by atoms with Gasteiger partial charge in [-0.3, -0.25) is 0 Å². The number of hydrogen-bond acceptors (Lipinski definition) is 3. The fraction of sp³-hybridized carbons (Fsp3) is 0.471. The molecule has 3 nitrogen and oxygen atoms in total. The van der Waals surface area contributed by atoms with Crippen molar-refractivity contribution >= 4 is 16.7 Å². The molecular formula is C17H23N3. The van der Waals surface area contributed by atoms with Gasteiger partial charge in [0.1, 0.15) is 5.82 Å². The van der Waals surface area contributed by atoms with E-state index in [4.69, 9.17) is 10.7 Å². The molecule has 2 aromatic rings. The summed E-state index contributed by atoms with van der Waals surface area (Å²) in [6, 6.07) is 11.0. The molecular weight excluding hydrogens is 246 g/mol. The largest absolute Gasteiger partial charge is 0.354 e. The highest BCUT2D eigenvalue weighted by molar-refractivity contribution is 5.81. The number of hydrogen-bond donors (Lipinski definition) is 1. The molecule has 3 heteroatoms. The quantitative estimate of drug-likeness (QED) is 0.909. The first kappa shape index (κ1) is 13.4. The third-order valence-electron chi connectivity index (χ3n) is 4.41. The second-order valence-electron chi connectivity index (χ2n) is 6.04. The lowest BCUT2D eigenvalue weighted by atomic mass is 9.93. The minimum atomic E-state index is 0.540. The van der Waals surface area contributed by atoms with Crippen LogP contribution >= 0.6 is 0 Å². The molecule has 0 spiro atoms. The van der Waals surface area contributed by atoms with E-state index in [0.29, 0.717) is 12.6 Å². The third-order valence-corrected chi connectivity index (χ3v) is 4.41. The lowest BCUT2D eigenvalue weighted by molar-refractivity contribution is 0.375. The highest BCUT2D eigenvalue weighted by atomic mass is 15.2. The van der Waals surface area contributed by atoms with Gasteiger partial charge in [-0.25, -0.2) is 4.98 Å². The van der Waals surface area contributed by atoms with Crippen molar-refractivity contribution in [2.24, 2.45) is 11.7 Å². The number of anilines is 1. The molecule has 0 bridgehead atoms. The zero-order chi connectivity index (χ0) is 14.1. The molecule has 1 aliphatic rings. The number of nitrogens with zero attached hydrogens (tertiary/aromatic N) is 2. The van der Waals surface area contributed by atoms with E-state index in [9.17, 15) is 0 Å². The van der Waals surface area contributed by atoms with E-state index in [2.05, 4.69) is 43.0 Å². The standard InChI is InChI=1S/C17H23N3/c1-12-7-8-20(13(2)9-12)17-15(11-18)10-14-5-3-4-6-16(14)19-17/h3-6,10,12-13H,7-9,11,18H2,1-2H3. The Labute approximate surface area is 120 Å². The van der Waals surface area contributed by atoms with Crippen LogP contribution in [-0.4, -0.2) is 17.6 Å². The van der Waals surface area contributed by atoms with Gasteiger partial charge in [0, 0.05) is 30.1 Å². The van der Waals surface area contributed by atoms with E-state index in [0.717, 1.165) is 29.4 Å². The molecule has 2 heterocycles. The van der Waals surface area contributed by atoms with Crippen LogP contribution in [-0.2, 0) is 6.54 Å². The predicted molar refractivity (Wildman–Crippen MR) is 84.8 cm³/mol. The van der Waals surface area contributed by atoms with Crippen molar-refractivity contribution < 1.29 is 0 Å². The van der Waals surface area contributed by atoms with Crippen molar-refractivity contribution in [1.82, 2.24) is 4.98 Å². The highest BCUT2D eigenvalue weighted by Gasteiger charge is 2.25. The van der Waals surface area contributed by atoms with Crippen LogP contribution in [0.25, 0.3) is 10.9 Å². The average Bonchev–Trinajstić information content (AvgIpc) is 2.46. The van der Waals surface area contributed by atoms with Crippen molar-refractivity contribution in [3.8, 4) is 0 Å². The number of benzene rings is 1. The summed E-state index contributed by atoms with van der Waals surface area (Å²) >= 11 is 0. The van der Waals surface area contributed by atoms with Crippen molar-refractivity contribution in [2.45, 2.75) is 39.3 Å². The smallest absolute Gasteiger partial charge is 0.134 e. The summed E-state index contributed by atoms with van der Waals surface area (Å²) in [6.45, 7) is 6.27. The summed E-state index contributed by atoms with van der Waals surface area (Å²) in [5.41, 5.74) is 8.17. The molecule has 20 heavy (non-hydrogen) atoms. The highest BCUT2D eigenvalue weighted by Crippen LogP contribution is 2.30. The zero-order valence-electron chi connectivity index (χ0n) is 12.3. The minimum absolute atomic E-state index is 0.540. The van der Waals surface area contributed by atoms with Gasteiger partial charge >= 0.3 is 0 Å². The molecule has 1 saturated heterocycles. The molecule has 3 rings (SSSR count). The number of piperidine rings is 1. The Morgan fingerprint density at radius 2 is 2.10 bits per heavy atom. The molecule has 1 aromatic heterocycles. The molecule has 1 aromatic carbocycles. The number of fused-ring (bicyclic) bond motifs is 1. The van der Waals surface area contributed by atoms with Crippen LogP contribution in [0.4, 0.5) is 5.82 Å². The van der Waals surface area contributed by atoms with Gasteiger partial charge in [0.2, 0.25) is 0 Å². The maximum Gasteiger partial charge on any atom is 0.134 e. The van der Waals surface area contributed by atoms with Gasteiger partial charge < -0.3 is 10.6 Å². The van der Waals surface area contributed by atoms with E-state index in [1.807, 2.05) is 6.07 Å². The summed E-state index contributed by atoms with van der Waals surface area (Å²) in [5.74, 6) is 1.90. The number of nitrogens with two attached hydrogens (primary N) is 1. The van der Waals surface area contributed by atoms with E-state index >= 15 is 0 Å². The van der Waals surface area contributed by atoms with Crippen molar-refractivity contribution in [1.29, 1.82) is 0 Å². The fourth-order valence-corrected chi connectivity index (χ4v) is 3.27. The van der Waals surface area contributed by atoms with Crippen molar-refractivity contribution in [2.75, 3.05) is 11.4 Å². The van der Waals surface area contributed by atoms with Gasteiger partial charge in [0.25, 0.3) is 0 Å². The Morgan fingerprint density at radius 3 is 2.85 bits per heavy atom. The zero-order valence-corrected chi connectivity index (χ0v) is 12.3. The normalized spacial score (nSPS) is 23.2. The first-order chi connectivity index (χ1) is 9.69. The first-order valence-electron chi connectivity index (χ1n) is 7.54. The molecule has 2 atom stereocenters. The fourth-order valence-electron chi connectivity index (χ4n) is 3.27. The molecule has 2 N–H and O–H groups in total. The lowest BCUT2D eigenvalue weighted by Gasteiger charge is -2.38. The Kier molecular flexibility index (Phi) is 3.62. The molecule has 0 amide bonds. The maximum atomic E-state index is 5.95. The molecule has 1 aliphatic heterocycles. The molecule has 0 aliphatic carbocycles. The first-order valence-corrected chi connectivity index (χ1v) is 7.54. The average molecular weight is 269 g/mol. The van der Waals surface area contributed by atoms with Gasteiger partial charge in [-0.1, -0.05) is 25.1 Å². The van der Waals surface area contributed by atoms with Crippen LogP contribution in [0.3, 0.4) is 0 Å². The Balaban J connectivity index is 2.05. The van der Waals surface area contributed by atoms with Crippen molar-refractivity contribution in [3.63, 3.8) is 0 Å². The number of rotatable bonds is 2. The number of para-hydroxylation sites is 1. The minimum Gasteiger partial charge on any atom is -0.354 e. The van der Waals surface area contributed by atoms with Gasteiger partial charge in [-0.15, -0.1) is 0 Å². The molecule has 106 valence electrons. The second-order valence-corrected chi connectivity index (χ2v) is 6.04. The van der Waals surface area contributed by atoms with E-state index < -0.39 is 0 Å². The molecule has 0 saturated carbocycles. The van der Waals surface area contributed by atoms with Crippen LogP contribution < -0.4 is 10.6 Å². The summed E-state index contributed by atoms with van der Waals surface area (Å²) in [6.07, 6.45) is 2.47. The van der Waals surface area contributed by atoms with Gasteiger partial charge in [0.05, 0.1) is 5.52 Å². The van der Waals surface area contributed by atoms with E-state index in [1.54, 1.807) is 0 Å². The second kappa shape index (κ2) is 5.41. The number of aromatic nitrogens is 1. The SMILES string of the molecule is CC1CCN(c2nc3ccccc3cc2CN)C(C)C1. The summed E-state index contributed by atoms with van der Waals surface area (Å²) in [5, 5.41) is 1.18. The predicted octanol–water partition coefficient (Wildman–Crippen LogP) is 3.32. The summed E-state index contributed by atoms with van der Waals surface area (Å²) in [7, 11) is 0. The Morgan fingerprint density at radius 1 is 1.30 bits per heavy atom. The van der Waals surface area contributed by atoms with Crippen LogP contribution in [0, 0.1) is 5.92 Å². The van der Waals surface area contributed by atoms with Gasteiger partial charge in [0.15, 0.2) is 0 Å². The Bertz CT molecular complexity index is 608. The van der Waals surface area contributed by atoms with Crippen molar-refractivity contribution in [3.05, 3.63) is 35.9 Å². The molecule has 1 fully saturated rings. The summed E-state index contributed by atoms with van der Waals surface area (Å²) < 4.78 is 0. The monoisotopic (exact) mass is 269 g/mol. The van der Waals surface area contributed by atoms with Crippen LogP contribution in [0.15, 0.2) is 30.3 Å². The van der Waals surface area contributed by atoms with E-state index in [1.165, 1.54) is 18.2 Å². The van der Waals surface area contributed by atoms with Crippen LogP contribution in [0.1, 0.15) is 32.3 Å². The molecule has 0 radical (unpaired) electrons. The Hall–Kier alpha value is -1.61. The number of pyridine rings is 1. The van der Waals surface area contributed by atoms with Gasteiger partial charge in [-0.2, -0.15) is 0 Å². The lowest BCUT2D eigenvalue weighted by Crippen LogP contribution is -2.41. The topological polar surface area (TPSA) is 42.2 Å². The molecule has 2 unspecified atom stereocenters.